The van der Waals surface area contributed by atoms with Crippen LogP contribution in [0.5, 0.6) is 6.01 Å². The molecule has 2 atom stereocenters. The summed E-state index contributed by atoms with van der Waals surface area (Å²) in [6.45, 7) is 10.9. The second kappa shape index (κ2) is 12.6. The Balaban J connectivity index is 1.17. The predicted molar refractivity (Wildman–Crippen MR) is 190 cm³/mol. The number of ether oxygens (including phenoxy) is 2. The molecule has 2 N–H and O–H groups in total. The van der Waals surface area contributed by atoms with Gasteiger partial charge in [0.15, 0.2) is 5.69 Å². The van der Waals surface area contributed by atoms with Gasteiger partial charge in [-0.3, -0.25) is 14.4 Å². The summed E-state index contributed by atoms with van der Waals surface area (Å²) in [6, 6.07) is 9.34. The lowest BCUT2D eigenvalue weighted by molar-refractivity contribution is 0.0263. The average molecular weight is 681 g/mol. The van der Waals surface area contributed by atoms with Crippen molar-refractivity contribution in [3.05, 3.63) is 82.1 Å². The molecule has 50 heavy (non-hydrogen) atoms. The predicted octanol–water partition coefficient (Wildman–Crippen LogP) is 5.21. The maximum atomic E-state index is 15.1. The normalized spacial score (nSPS) is 22.0. The van der Waals surface area contributed by atoms with Gasteiger partial charge in [0, 0.05) is 51.4 Å². The molecule has 0 saturated carbocycles. The van der Waals surface area contributed by atoms with Gasteiger partial charge in [0.05, 0.1) is 36.2 Å². The summed E-state index contributed by atoms with van der Waals surface area (Å²) in [5.74, 6) is 0.419. The van der Waals surface area contributed by atoms with Gasteiger partial charge in [-0.25, -0.2) is 4.39 Å². The van der Waals surface area contributed by atoms with Gasteiger partial charge in [0.1, 0.15) is 18.2 Å². The molecule has 6 heterocycles. The van der Waals surface area contributed by atoms with E-state index in [9.17, 15) is 4.79 Å². The van der Waals surface area contributed by atoms with Crippen LogP contribution in [-0.2, 0) is 37.3 Å². The van der Waals surface area contributed by atoms with Crippen molar-refractivity contribution in [1.29, 1.82) is 0 Å². The van der Waals surface area contributed by atoms with E-state index in [-0.39, 0.29) is 30.0 Å². The number of aromatic nitrogens is 4. The van der Waals surface area contributed by atoms with Crippen LogP contribution in [0.15, 0.2) is 42.5 Å². The number of benzene rings is 2. The Hall–Kier alpha value is -4.55. The summed E-state index contributed by atoms with van der Waals surface area (Å²) in [4.78, 5) is 29.2. The highest BCUT2D eigenvalue weighted by atomic mass is 19.1. The third kappa shape index (κ3) is 5.68. The number of nitrogens with two attached hydrogens (primary N) is 1. The smallest absolute Gasteiger partial charge is 0.318 e. The second-order valence-corrected chi connectivity index (χ2v) is 14.5. The molecule has 4 aromatic rings. The van der Waals surface area contributed by atoms with Crippen LogP contribution < -0.4 is 15.4 Å². The molecule has 2 aromatic heterocycles. The molecule has 8 rings (SSSR count). The van der Waals surface area contributed by atoms with Crippen molar-refractivity contribution in [2.24, 2.45) is 0 Å². The second-order valence-electron chi connectivity index (χ2n) is 14.5. The third-order valence-electron chi connectivity index (χ3n) is 10.9. The fraction of sp³-hybridized carbons (Fsp3) is 0.474. The molecule has 4 aliphatic heterocycles. The first-order chi connectivity index (χ1) is 24.1. The molecule has 12 heteroatoms. The van der Waals surface area contributed by atoms with Crippen LogP contribution in [-0.4, -0.2) is 81.3 Å². The van der Waals surface area contributed by atoms with Gasteiger partial charge >= 0.3 is 6.01 Å². The lowest BCUT2D eigenvalue weighted by atomic mass is 9.90. The largest absolute Gasteiger partial charge is 0.461 e. The number of hydrogen-bond acceptors (Lipinski definition) is 9. The van der Waals surface area contributed by atoms with E-state index in [2.05, 4.69) is 21.5 Å². The highest BCUT2D eigenvalue weighted by Gasteiger charge is 2.46. The molecular formula is C38H45FN8O3. The van der Waals surface area contributed by atoms with E-state index in [1.54, 1.807) is 25.1 Å². The zero-order valence-electron chi connectivity index (χ0n) is 29.2. The van der Waals surface area contributed by atoms with Gasteiger partial charge in [0.2, 0.25) is 0 Å². The minimum atomic E-state index is -0.386. The number of halogens is 1. The van der Waals surface area contributed by atoms with E-state index in [4.69, 9.17) is 25.2 Å². The van der Waals surface area contributed by atoms with Crippen LogP contribution in [0.4, 0.5) is 15.9 Å². The standard InChI is InChI=1S/C38H45FN8O3/c1-5-27-30(39)9-8-24-14-25(40)15-28(34(24)27)33-17-31-29(21-49-33)35(42-37(41-31)50-22-38-10-6-12-46(38)19-23(2)18-38)45-11-7-13-47-26(20-45)16-32(43-47)36(48)44(3)4/h8-9,14-16,33H,2,5-7,10-13,17-22,40H2,1,3-4H3/t33-,38+/m1/s1. The fourth-order valence-electron chi connectivity index (χ4n) is 8.55. The van der Waals surface area contributed by atoms with Crippen molar-refractivity contribution in [1.82, 2.24) is 29.5 Å². The average Bonchev–Trinajstić information content (AvgIpc) is 3.73. The SMILES string of the molecule is C=C1CN2CCC[C@@]2(COc2nc3c(c(N4CCCn5nc(C(=O)N(C)C)cc5C4)n2)CO[C@@H](c2cc(N)cc4ccc(F)c(CC)c24)C3)C1. The first kappa shape index (κ1) is 32.6. The first-order valence-electron chi connectivity index (χ1n) is 17.7. The molecule has 4 aliphatic rings. The zero-order chi connectivity index (χ0) is 34.7. The third-order valence-corrected chi connectivity index (χ3v) is 10.9. The summed E-state index contributed by atoms with van der Waals surface area (Å²) >= 11 is 0. The Labute approximate surface area is 291 Å². The number of carbonyl (C=O) groups excluding carboxylic acids is 1. The zero-order valence-corrected chi connectivity index (χ0v) is 29.2. The molecular weight excluding hydrogens is 635 g/mol. The Kier molecular flexibility index (Phi) is 8.26. The summed E-state index contributed by atoms with van der Waals surface area (Å²) in [6.07, 6.45) is 4.56. The number of rotatable bonds is 7. The van der Waals surface area contributed by atoms with Crippen molar-refractivity contribution < 1.29 is 18.7 Å². The summed E-state index contributed by atoms with van der Waals surface area (Å²) in [5, 5.41) is 6.39. The van der Waals surface area contributed by atoms with Gasteiger partial charge < -0.3 is 25.0 Å². The molecule has 2 saturated heterocycles. The number of hydrogen-bond donors (Lipinski definition) is 1. The van der Waals surface area contributed by atoms with Crippen LogP contribution in [0.3, 0.4) is 0 Å². The van der Waals surface area contributed by atoms with Crippen LogP contribution >= 0.6 is 0 Å². The van der Waals surface area contributed by atoms with Crippen LogP contribution in [0.2, 0.25) is 0 Å². The topological polar surface area (TPSA) is 115 Å². The minimum absolute atomic E-state index is 0.0757. The lowest BCUT2D eigenvalue weighted by Gasteiger charge is -2.33. The monoisotopic (exact) mass is 680 g/mol. The molecule has 1 amide bonds. The van der Waals surface area contributed by atoms with Gasteiger partial charge in [-0.15, -0.1) is 0 Å². The van der Waals surface area contributed by atoms with Crippen molar-refractivity contribution >= 4 is 28.2 Å². The summed E-state index contributed by atoms with van der Waals surface area (Å²) < 4.78 is 30.3. The number of carbonyl (C=O) groups is 1. The minimum Gasteiger partial charge on any atom is -0.461 e. The molecule has 2 aromatic carbocycles. The van der Waals surface area contributed by atoms with Crippen molar-refractivity contribution in [2.45, 2.75) is 76.8 Å². The fourth-order valence-corrected chi connectivity index (χ4v) is 8.55. The highest BCUT2D eigenvalue weighted by molar-refractivity contribution is 5.92. The molecule has 262 valence electrons. The maximum absolute atomic E-state index is 15.1. The van der Waals surface area contributed by atoms with E-state index in [0.717, 1.165) is 84.4 Å². The number of anilines is 2. The van der Waals surface area contributed by atoms with E-state index in [0.29, 0.717) is 55.5 Å². The van der Waals surface area contributed by atoms with E-state index < -0.39 is 0 Å². The molecule has 2 fully saturated rings. The summed E-state index contributed by atoms with van der Waals surface area (Å²) in [7, 11) is 3.47. The summed E-state index contributed by atoms with van der Waals surface area (Å²) in [5.41, 5.74) is 12.8. The van der Waals surface area contributed by atoms with Crippen LogP contribution in [0, 0.1) is 5.82 Å². The van der Waals surface area contributed by atoms with Crippen molar-refractivity contribution in [2.75, 3.05) is 51.0 Å². The van der Waals surface area contributed by atoms with Gasteiger partial charge in [-0.05, 0) is 84.8 Å². The Morgan fingerprint density at radius 2 is 2.02 bits per heavy atom. The van der Waals surface area contributed by atoms with Gasteiger partial charge in [-0.1, -0.05) is 25.1 Å². The quantitative estimate of drug-likeness (QED) is 0.208. The number of fused-ring (bicyclic) bond motifs is 4. The molecule has 0 unspecified atom stereocenters. The van der Waals surface area contributed by atoms with Gasteiger partial charge in [0.25, 0.3) is 5.91 Å². The maximum Gasteiger partial charge on any atom is 0.318 e. The number of nitrogen functional groups attached to an aromatic ring is 1. The molecule has 0 aliphatic carbocycles. The highest BCUT2D eigenvalue weighted by Crippen LogP contribution is 2.43. The van der Waals surface area contributed by atoms with Crippen LogP contribution in [0.1, 0.15) is 77.3 Å². The van der Waals surface area contributed by atoms with Crippen LogP contribution in [0.25, 0.3) is 10.8 Å². The molecule has 0 bridgehead atoms. The van der Waals surface area contributed by atoms with Crippen molar-refractivity contribution in [3.63, 3.8) is 0 Å². The van der Waals surface area contributed by atoms with E-state index in [1.165, 1.54) is 11.6 Å². The number of nitrogens with zero attached hydrogens (tertiary/aromatic N) is 7. The molecule has 11 nitrogen and oxygen atoms in total. The molecule has 0 radical (unpaired) electrons. The number of amides is 1. The van der Waals surface area contributed by atoms with Crippen molar-refractivity contribution in [3.8, 4) is 6.01 Å². The molecule has 0 spiro atoms. The van der Waals surface area contributed by atoms with E-state index >= 15 is 4.39 Å². The Bertz CT molecular complexity index is 2010. The van der Waals surface area contributed by atoms with Gasteiger partial charge in [-0.2, -0.15) is 15.1 Å². The van der Waals surface area contributed by atoms with E-state index in [1.807, 2.05) is 29.8 Å². The lowest BCUT2D eigenvalue weighted by Crippen LogP contribution is -2.43. The number of aryl methyl sites for hydroxylation is 2. The Morgan fingerprint density at radius 1 is 1.16 bits per heavy atom. The first-order valence-corrected chi connectivity index (χ1v) is 17.7. The Morgan fingerprint density at radius 3 is 2.84 bits per heavy atom.